The second kappa shape index (κ2) is 13.4. The summed E-state index contributed by atoms with van der Waals surface area (Å²) in [5.41, 5.74) is 4.85. The van der Waals surface area contributed by atoms with Crippen LogP contribution in [0.2, 0.25) is 0 Å². The van der Waals surface area contributed by atoms with Gasteiger partial charge in [0.15, 0.2) is 11.5 Å². The fourth-order valence-corrected chi connectivity index (χ4v) is 2.69. The van der Waals surface area contributed by atoms with Gasteiger partial charge < -0.3 is 14.6 Å². The molecule has 0 unspecified atom stereocenters. The van der Waals surface area contributed by atoms with E-state index in [2.05, 4.69) is 45.9 Å². The van der Waals surface area contributed by atoms with Crippen LogP contribution in [0.25, 0.3) is 6.08 Å². The first-order valence-electron chi connectivity index (χ1n) is 9.98. The number of hydrogen-bond acceptors (Lipinski definition) is 3. The third-order valence-corrected chi connectivity index (χ3v) is 4.40. The summed E-state index contributed by atoms with van der Waals surface area (Å²) < 4.78 is 11.2. The second-order valence-corrected chi connectivity index (χ2v) is 7.35. The molecule has 0 heterocycles. The van der Waals surface area contributed by atoms with E-state index in [0.717, 1.165) is 37.3 Å². The quantitative estimate of drug-likeness (QED) is 0.319. The summed E-state index contributed by atoms with van der Waals surface area (Å²) in [6.07, 6.45) is 13.6. The van der Waals surface area contributed by atoms with Crippen molar-refractivity contribution >= 4 is 12.0 Å². The lowest BCUT2D eigenvalue weighted by Crippen LogP contribution is -1.98. The number of hydrogen-bond donors (Lipinski definition) is 1. The van der Waals surface area contributed by atoms with Gasteiger partial charge in [-0.05, 0) is 83.2 Å². The molecule has 0 fully saturated rings. The number of ether oxygens (including phenoxy) is 2. The minimum Gasteiger partial charge on any atom is -0.493 e. The van der Waals surface area contributed by atoms with Crippen molar-refractivity contribution in [3.05, 3.63) is 64.8 Å². The molecule has 1 rings (SSSR count). The zero-order chi connectivity index (χ0) is 21.6. The second-order valence-electron chi connectivity index (χ2n) is 7.35. The van der Waals surface area contributed by atoms with E-state index in [1.54, 1.807) is 25.3 Å². The third kappa shape index (κ3) is 11.0. The van der Waals surface area contributed by atoms with Crippen LogP contribution in [-0.4, -0.2) is 24.8 Å². The average molecular weight is 399 g/mol. The van der Waals surface area contributed by atoms with Crippen LogP contribution >= 0.6 is 0 Å². The highest BCUT2D eigenvalue weighted by Gasteiger charge is 2.04. The van der Waals surface area contributed by atoms with Crippen LogP contribution in [0.5, 0.6) is 11.5 Å². The number of aliphatic carboxylic acids is 1. The van der Waals surface area contributed by atoms with E-state index in [9.17, 15) is 4.79 Å². The molecule has 4 nitrogen and oxygen atoms in total. The van der Waals surface area contributed by atoms with Crippen molar-refractivity contribution < 1.29 is 19.4 Å². The number of carbonyl (C=O) groups is 1. The first-order chi connectivity index (χ1) is 13.8. The van der Waals surface area contributed by atoms with Crippen LogP contribution < -0.4 is 9.47 Å². The van der Waals surface area contributed by atoms with Gasteiger partial charge in [0.2, 0.25) is 0 Å². The number of carboxylic acids is 1. The summed E-state index contributed by atoms with van der Waals surface area (Å²) in [7, 11) is 1.57. The van der Waals surface area contributed by atoms with Gasteiger partial charge >= 0.3 is 5.97 Å². The van der Waals surface area contributed by atoms with E-state index in [-0.39, 0.29) is 0 Å². The topological polar surface area (TPSA) is 55.8 Å². The number of allylic oxidation sites excluding steroid dienone is 5. The van der Waals surface area contributed by atoms with Crippen LogP contribution in [0, 0.1) is 0 Å². The standard InChI is InChI=1S/C25H34O4/c1-19(2)8-6-9-20(3)10-7-11-21(4)16-17-29-23-14-12-22(13-15-25(26)27)18-24(23)28-5/h8,10,12-16,18H,6-7,9,11,17H2,1-5H3,(H,26,27)/b15-13+,20-10?,21-16?. The summed E-state index contributed by atoms with van der Waals surface area (Å²) in [6.45, 7) is 9.05. The molecule has 0 atom stereocenters. The molecule has 0 radical (unpaired) electrons. The maximum Gasteiger partial charge on any atom is 0.328 e. The van der Waals surface area contributed by atoms with Crippen molar-refractivity contribution in [2.24, 2.45) is 0 Å². The largest absolute Gasteiger partial charge is 0.493 e. The van der Waals surface area contributed by atoms with Gasteiger partial charge in [0.25, 0.3) is 0 Å². The smallest absolute Gasteiger partial charge is 0.328 e. The van der Waals surface area contributed by atoms with Crippen molar-refractivity contribution in [3.63, 3.8) is 0 Å². The number of benzene rings is 1. The molecule has 1 N–H and O–H groups in total. The molecular weight excluding hydrogens is 364 g/mol. The number of methoxy groups -OCH3 is 1. The summed E-state index contributed by atoms with van der Waals surface area (Å²) in [4.78, 5) is 10.6. The fourth-order valence-electron chi connectivity index (χ4n) is 2.69. The van der Waals surface area contributed by atoms with Crippen LogP contribution in [0.15, 0.2) is 59.2 Å². The first-order valence-corrected chi connectivity index (χ1v) is 9.98. The van der Waals surface area contributed by atoms with E-state index in [1.165, 1.54) is 22.8 Å². The molecule has 4 heteroatoms. The Morgan fingerprint density at radius 3 is 2.24 bits per heavy atom. The van der Waals surface area contributed by atoms with E-state index in [1.807, 2.05) is 0 Å². The lowest BCUT2D eigenvalue weighted by Gasteiger charge is -2.10. The van der Waals surface area contributed by atoms with Crippen LogP contribution in [0.4, 0.5) is 0 Å². The molecule has 0 saturated heterocycles. The third-order valence-electron chi connectivity index (χ3n) is 4.40. The summed E-state index contributed by atoms with van der Waals surface area (Å²) >= 11 is 0. The molecule has 158 valence electrons. The normalized spacial score (nSPS) is 12.2. The monoisotopic (exact) mass is 398 g/mol. The zero-order valence-electron chi connectivity index (χ0n) is 18.3. The van der Waals surface area contributed by atoms with Gasteiger partial charge in [0.05, 0.1) is 7.11 Å². The highest BCUT2D eigenvalue weighted by atomic mass is 16.5. The molecule has 0 aliphatic carbocycles. The van der Waals surface area contributed by atoms with Crippen molar-refractivity contribution in [1.82, 2.24) is 0 Å². The maximum atomic E-state index is 10.6. The predicted octanol–water partition coefficient (Wildman–Crippen LogP) is 6.59. The molecule has 29 heavy (non-hydrogen) atoms. The SMILES string of the molecule is COc1cc(/C=C/C(=O)O)ccc1OCC=C(C)CCC=C(C)CCC=C(C)C. The Morgan fingerprint density at radius 1 is 0.966 bits per heavy atom. The Morgan fingerprint density at radius 2 is 1.62 bits per heavy atom. The number of carboxylic acid groups (broad SMARTS) is 1. The molecule has 0 aliphatic heterocycles. The highest BCUT2D eigenvalue weighted by molar-refractivity contribution is 5.85. The Kier molecular flexibility index (Phi) is 11.2. The number of rotatable bonds is 12. The molecule has 1 aromatic carbocycles. The van der Waals surface area contributed by atoms with Gasteiger partial charge in [-0.25, -0.2) is 4.79 Å². The Balaban J connectivity index is 2.51. The van der Waals surface area contributed by atoms with Crippen molar-refractivity contribution in [2.45, 2.75) is 53.4 Å². The average Bonchev–Trinajstić information content (AvgIpc) is 2.66. The van der Waals surface area contributed by atoms with Crippen molar-refractivity contribution in [1.29, 1.82) is 0 Å². The minimum atomic E-state index is -0.983. The molecule has 0 saturated carbocycles. The van der Waals surface area contributed by atoms with Crippen LogP contribution in [0.3, 0.4) is 0 Å². The Bertz CT molecular complexity index is 778. The van der Waals surface area contributed by atoms with Gasteiger partial charge in [-0.1, -0.05) is 34.9 Å². The lowest BCUT2D eigenvalue weighted by atomic mass is 10.1. The van der Waals surface area contributed by atoms with Gasteiger partial charge in [0.1, 0.15) is 6.61 Å². The van der Waals surface area contributed by atoms with Crippen LogP contribution in [0.1, 0.15) is 58.9 Å². The van der Waals surface area contributed by atoms with E-state index < -0.39 is 5.97 Å². The van der Waals surface area contributed by atoms with Gasteiger partial charge in [-0.15, -0.1) is 0 Å². The predicted molar refractivity (Wildman–Crippen MR) is 121 cm³/mol. The van der Waals surface area contributed by atoms with Crippen molar-refractivity contribution in [2.75, 3.05) is 13.7 Å². The van der Waals surface area contributed by atoms with Gasteiger partial charge in [-0.3, -0.25) is 0 Å². The molecule has 0 aromatic heterocycles. The summed E-state index contributed by atoms with van der Waals surface area (Å²) in [6, 6.07) is 5.35. The Hall–Kier alpha value is -2.75. The molecule has 0 spiro atoms. The van der Waals surface area contributed by atoms with E-state index in [0.29, 0.717) is 18.1 Å². The first kappa shape index (κ1) is 24.3. The van der Waals surface area contributed by atoms with Crippen LogP contribution in [-0.2, 0) is 4.79 Å². The molecule has 0 bridgehead atoms. The van der Waals surface area contributed by atoms with Gasteiger partial charge in [0, 0.05) is 6.08 Å². The molecule has 0 amide bonds. The highest BCUT2D eigenvalue weighted by Crippen LogP contribution is 2.28. The minimum absolute atomic E-state index is 0.468. The Labute approximate surface area is 175 Å². The molecular formula is C25H34O4. The summed E-state index contributed by atoms with van der Waals surface area (Å²) in [5.74, 6) is 0.236. The fraction of sp³-hybridized carbons (Fsp3) is 0.400. The molecule has 1 aromatic rings. The summed E-state index contributed by atoms with van der Waals surface area (Å²) in [5, 5.41) is 8.72. The molecule has 0 aliphatic rings. The van der Waals surface area contributed by atoms with Gasteiger partial charge in [-0.2, -0.15) is 0 Å². The maximum absolute atomic E-state index is 10.6. The zero-order valence-corrected chi connectivity index (χ0v) is 18.3. The van der Waals surface area contributed by atoms with E-state index >= 15 is 0 Å². The lowest BCUT2D eigenvalue weighted by molar-refractivity contribution is -0.131. The van der Waals surface area contributed by atoms with E-state index in [4.69, 9.17) is 14.6 Å². The van der Waals surface area contributed by atoms with Crippen molar-refractivity contribution in [3.8, 4) is 11.5 Å².